The van der Waals surface area contributed by atoms with Gasteiger partial charge in [-0.15, -0.1) is 0 Å². The summed E-state index contributed by atoms with van der Waals surface area (Å²) in [5.41, 5.74) is 0. The number of likely N-dealkylation sites (tertiary alicyclic amines) is 1. The lowest BCUT2D eigenvalue weighted by Crippen LogP contribution is -2.59. The number of aliphatic carboxylic acids is 1. The van der Waals surface area contributed by atoms with E-state index in [4.69, 9.17) is 14.6 Å². The number of hydrogen-bond donors (Lipinski definition) is 2. The third kappa shape index (κ3) is 4.57. The van der Waals surface area contributed by atoms with E-state index in [0.717, 1.165) is 12.8 Å². The summed E-state index contributed by atoms with van der Waals surface area (Å²) in [7, 11) is 1.63. The molecule has 1 aliphatic carbocycles. The molecule has 0 radical (unpaired) electrons. The van der Waals surface area contributed by atoms with Crippen molar-refractivity contribution in [3.8, 4) is 0 Å². The number of ether oxygens (including phenoxy) is 2. The van der Waals surface area contributed by atoms with Crippen LogP contribution >= 0.6 is 0 Å². The van der Waals surface area contributed by atoms with Crippen molar-refractivity contribution in [2.24, 2.45) is 5.92 Å². The van der Waals surface area contributed by atoms with Gasteiger partial charge in [-0.25, -0.2) is 4.79 Å². The number of carbonyl (C=O) groups is 2. The molecule has 0 spiro atoms. The highest BCUT2D eigenvalue weighted by Crippen LogP contribution is 2.24. The van der Waals surface area contributed by atoms with E-state index in [0.29, 0.717) is 39.1 Å². The average Bonchev–Trinajstić information content (AvgIpc) is 2.41. The Hall–Kier alpha value is -1.34. The number of nitrogens with one attached hydrogen (secondary N) is 1. The number of methoxy groups -OCH3 is 1. The van der Waals surface area contributed by atoms with Gasteiger partial charge in [0.05, 0.1) is 38.3 Å². The van der Waals surface area contributed by atoms with Gasteiger partial charge in [-0.3, -0.25) is 4.79 Å². The maximum absolute atomic E-state index is 12.0. The minimum Gasteiger partial charge on any atom is -0.481 e. The summed E-state index contributed by atoms with van der Waals surface area (Å²) in [5.74, 6) is -0.973. The van der Waals surface area contributed by atoms with E-state index in [1.54, 1.807) is 12.0 Å². The van der Waals surface area contributed by atoms with Crippen molar-refractivity contribution in [1.82, 2.24) is 10.2 Å². The van der Waals surface area contributed by atoms with E-state index in [1.807, 2.05) is 0 Å². The smallest absolute Gasteiger partial charge is 0.317 e. The lowest BCUT2D eigenvalue weighted by Gasteiger charge is -2.40. The second-order valence-corrected chi connectivity index (χ2v) is 5.73. The van der Waals surface area contributed by atoms with Crippen LogP contribution in [0.2, 0.25) is 0 Å². The van der Waals surface area contributed by atoms with Crippen LogP contribution in [0.4, 0.5) is 4.79 Å². The zero-order chi connectivity index (χ0) is 15.2. The Morgan fingerprint density at radius 2 is 1.86 bits per heavy atom. The van der Waals surface area contributed by atoms with Gasteiger partial charge in [0.2, 0.25) is 0 Å². The number of carboxylic acid groups (broad SMARTS) is 1. The first-order valence-corrected chi connectivity index (χ1v) is 7.49. The summed E-state index contributed by atoms with van der Waals surface area (Å²) in [6.07, 6.45) is 2.87. The standard InChI is InChI=1S/C14H24N2O5/c1-20-6-7-21-12-8-16(9-12)14(19)15-11-4-2-10(3-5-11)13(17)18/h10-12H,2-9H2,1H3,(H,15,19)(H,17,18). The third-order valence-electron chi connectivity index (χ3n) is 4.18. The molecule has 1 aliphatic heterocycles. The normalized spacial score (nSPS) is 26.2. The second-order valence-electron chi connectivity index (χ2n) is 5.73. The average molecular weight is 300 g/mol. The Morgan fingerprint density at radius 1 is 1.19 bits per heavy atom. The molecule has 0 unspecified atom stereocenters. The summed E-state index contributed by atoms with van der Waals surface area (Å²) < 4.78 is 10.4. The van der Waals surface area contributed by atoms with Gasteiger partial charge in [0, 0.05) is 13.2 Å². The maximum Gasteiger partial charge on any atom is 0.317 e. The molecule has 2 rings (SSSR count). The number of amides is 2. The van der Waals surface area contributed by atoms with Crippen molar-refractivity contribution < 1.29 is 24.2 Å². The Balaban J connectivity index is 1.60. The van der Waals surface area contributed by atoms with Crippen LogP contribution in [0.15, 0.2) is 0 Å². The van der Waals surface area contributed by atoms with Gasteiger partial charge < -0.3 is 24.8 Å². The first kappa shape index (κ1) is 16.0. The van der Waals surface area contributed by atoms with E-state index >= 15 is 0 Å². The molecular weight excluding hydrogens is 276 g/mol. The summed E-state index contributed by atoms with van der Waals surface area (Å²) in [5, 5.41) is 11.9. The number of carbonyl (C=O) groups excluding carboxylic acids is 1. The molecule has 2 amide bonds. The highest BCUT2D eigenvalue weighted by molar-refractivity contribution is 5.75. The van der Waals surface area contributed by atoms with Gasteiger partial charge >= 0.3 is 12.0 Å². The number of nitrogens with zero attached hydrogens (tertiary/aromatic N) is 1. The Kier molecular flexibility index (Phi) is 5.81. The van der Waals surface area contributed by atoms with Crippen LogP contribution < -0.4 is 5.32 Å². The minimum absolute atomic E-state index is 0.0691. The van der Waals surface area contributed by atoms with Crippen LogP contribution in [0.5, 0.6) is 0 Å². The fourth-order valence-corrected chi connectivity index (χ4v) is 2.76. The molecule has 2 aliphatic rings. The number of urea groups is 1. The molecule has 0 aromatic carbocycles. The highest BCUT2D eigenvalue weighted by atomic mass is 16.5. The molecule has 1 saturated heterocycles. The van der Waals surface area contributed by atoms with E-state index in [1.165, 1.54) is 0 Å². The topological polar surface area (TPSA) is 88.1 Å². The minimum atomic E-state index is -0.724. The number of rotatable bonds is 6. The monoisotopic (exact) mass is 300 g/mol. The van der Waals surface area contributed by atoms with Gasteiger partial charge in [-0.1, -0.05) is 0 Å². The predicted octanol–water partition coefficient (Wildman–Crippen LogP) is 0.687. The van der Waals surface area contributed by atoms with Crippen molar-refractivity contribution in [1.29, 1.82) is 0 Å². The van der Waals surface area contributed by atoms with E-state index in [2.05, 4.69) is 5.32 Å². The largest absolute Gasteiger partial charge is 0.481 e. The van der Waals surface area contributed by atoms with Crippen LogP contribution in [0, 0.1) is 5.92 Å². The lowest BCUT2D eigenvalue weighted by atomic mass is 9.86. The fourth-order valence-electron chi connectivity index (χ4n) is 2.76. The van der Waals surface area contributed by atoms with E-state index < -0.39 is 5.97 Å². The summed E-state index contributed by atoms with van der Waals surface area (Å²) in [6, 6.07) is 0.0296. The highest BCUT2D eigenvalue weighted by Gasteiger charge is 2.33. The SMILES string of the molecule is COCCOC1CN(C(=O)NC2CCC(C(=O)O)CC2)C1. The van der Waals surface area contributed by atoms with Crippen LogP contribution in [0.3, 0.4) is 0 Å². The molecule has 1 heterocycles. The quantitative estimate of drug-likeness (QED) is 0.705. The number of carboxylic acids is 1. The summed E-state index contributed by atoms with van der Waals surface area (Å²) >= 11 is 0. The Morgan fingerprint density at radius 3 is 2.43 bits per heavy atom. The fraction of sp³-hybridized carbons (Fsp3) is 0.857. The van der Waals surface area contributed by atoms with E-state index in [-0.39, 0.29) is 24.1 Å². The van der Waals surface area contributed by atoms with Crippen molar-refractivity contribution in [2.75, 3.05) is 33.4 Å². The van der Waals surface area contributed by atoms with Crippen LogP contribution in [-0.2, 0) is 14.3 Å². The molecule has 0 bridgehead atoms. The molecule has 7 heteroatoms. The van der Waals surface area contributed by atoms with E-state index in [9.17, 15) is 9.59 Å². The molecule has 0 aromatic rings. The van der Waals surface area contributed by atoms with Gasteiger partial charge in [0.25, 0.3) is 0 Å². The molecule has 0 atom stereocenters. The van der Waals surface area contributed by atoms with Crippen LogP contribution in [-0.4, -0.2) is 67.6 Å². The van der Waals surface area contributed by atoms with Crippen LogP contribution in [0.25, 0.3) is 0 Å². The van der Waals surface area contributed by atoms with Gasteiger partial charge in [0.1, 0.15) is 0 Å². The molecule has 0 aromatic heterocycles. The molecule has 2 N–H and O–H groups in total. The molecule has 2 fully saturated rings. The number of hydrogen-bond acceptors (Lipinski definition) is 4. The molecular formula is C14H24N2O5. The van der Waals surface area contributed by atoms with Crippen LogP contribution in [0.1, 0.15) is 25.7 Å². The molecule has 21 heavy (non-hydrogen) atoms. The maximum atomic E-state index is 12.0. The summed E-state index contributed by atoms with van der Waals surface area (Å²) in [6.45, 7) is 2.34. The third-order valence-corrected chi connectivity index (χ3v) is 4.18. The van der Waals surface area contributed by atoms with Crippen molar-refractivity contribution >= 4 is 12.0 Å². The molecule has 1 saturated carbocycles. The Labute approximate surface area is 124 Å². The lowest BCUT2D eigenvalue weighted by molar-refractivity contribution is -0.142. The van der Waals surface area contributed by atoms with Gasteiger partial charge in [-0.05, 0) is 25.7 Å². The summed E-state index contributed by atoms with van der Waals surface area (Å²) in [4.78, 5) is 24.6. The Bertz CT molecular complexity index is 362. The van der Waals surface area contributed by atoms with Crippen molar-refractivity contribution in [2.45, 2.75) is 37.8 Å². The first-order valence-electron chi connectivity index (χ1n) is 7.49. The van der Waals surface area contributed by atoms with Crippen molar-refractivity contribution in [3.05, 3.63) is 0 Å². The molecule has 120 valence electrons. The van der Waals surface area contributed by atoms with Gasteiger partial charge in [-0.2, -0.15) is 0 Å². The zero-order valence-corrected chi connectivity index (χ0v) is 12.4. The predicted molar refractivity (Wildman–Crippen MR) is 75.1 cm³/mol. The van der Waals surface area contributed by atoms with Crippen molar-refractivity contribution in [3.63, 3.8) is 0 Å². The zero-order valence-electron chi connectivity index (χ0n) is 12.4. The molecule has 7 nitrogen and oxygen atoms in total. The first-order chi connectivity index (χ1) is 10.1. The van der Waals surface area contributed by atoms with Gasteiger partial charge in [0.15, 0.2) is 0 Å². The second kappa shape index (κ2) is 7.61.